The number of nitrogens with two attached hydrogens (primary N) is 1. The summed E-state index contributed by atoms with van der Waals surface area (Å²) >= 11 is 8.94. The van der Waals surface area contributed by atoms with Crippen molar-refractivity contribution in [1.82, 2.24) is 9.97 Å². The Hall–Kier alpha value is -1.38. The molecule has 0 amide bonds. The van der Waals surface area contributed by atoms with Gasteiger partial charge in [-0.1, -0.05) is 11.6 Å². The molecule has 1 aromatic heterocycles. The third kappa shape index (κ3) is 3.14. The van der Waals surface area contributed by atoms with E-state index in [9.17, 15) is 8.42 Å². The van der Waals surface area contributed by atoms with Crippen LogP contribution in [0.2, 0.25) is 5.02 Å². The Morgan fingerprint density at radius 2 is 1.89 bits per heavy atom. The van der Waals surface area contributed by atoms with Crippen molar-refractivity contribution in [1.29, 1.82) is 0 Å². The van der Waals surface area contributed by atoms with Crippen molar-refractivity contribution in [3.05, 3.63) is 40.3 Å². The van der Waals surface area contributed by atoms with Gasteiger partial charge in [0.2, 0.25) is 0 Å². The third-order valence-electron chi connectivity index (χ3n) is 2.13. The van der Waals surface area contributed by atoms with Crippen molar-refractivity contribution in [3.8, 4) is 0 Å². The summed E-state index contributed by atoms with van der Waals surface area (Å²) in [7, 11) is -3.83. The second-order valence-electron chi connectivity index (χ2n) is 3.54. The second-order valence-corrected chi connectivity index (χ2v) is 6.42. The first-order valence-corrected chi connectivity index (χ1v) is 7.58. The van der Waals surface area contributed by atoms with Gasteiger partial charge in [0, 0.05) is 10.7 Å². The number of halogens is 2. The molecule has 9 heteroatoms. The van der Waals surface area contributed by atoms with Gasteiger partial charge in [-0.15, -0.1) is 0 Å². The molecule has 0 saturated heterocycles. The van der Waals surface area contributed by atoms with Crippen LogP contribution in [0.1, 0.15) is 0 Å². The van der Waals surface area contributed by atoms with Gasteiger partial charge in [0.25, 0.3) is 10.0 Å². The van der Waals surface area contributed by atoms with E-state index >= 15 is 0 Å². The molecule has 0 saturated carbocycles. The van der Waals surface area contributed by atoms with Gasteiger partial charge in [-0.2, -0.15) is 0 Å². The van der Waals surface area contributed by atoms with Crippen LogP contribution >= 0.6 is 27.5 Å². The topological polar surface area (TPSA) is 98.0 Å². The average Bonchev–Trinajstić information content (AvgIpc) is 2.34. The number of sulfonamides is 1. The highest BCUT2D eigenvalue weighted by Gasteiger charge is 2.20. The Morgan fingerprint density at radius 3 is 2.53 bits per heavy atom. The minimum absolute atomic E-state index is 0.0543. The van der Waals surface area contributed by atoms with Crippen LogP contribution in [0.4, 0.5) is 11.4 Å². The zero-order valence-electron chi connectivity index (χ0n) is 9.34. The van der Waals surface area contributed by atoms with E-state index < -0.39 is 10.0 Å². The summed E-state index contributed by atoms with van der Waals surface area (Å²) in [6, 6.07) is 2.75. The first-order valence-electron chi connectivity index (χ1n) is 4.92. The number of rotatable bonds is 3. The fraction of sp³-hybridized carbons (Fsp3) is 0. The molecule has 0 aliphatic rings. The fourth-order valence-electron chi connectivity index (χ4n) is 1.34. The van der Waals surface area contributed by atoms with Crippen LogP contribution in [0.3, 0.4) is 0 Å². The lowest BCUT2D eigenvalue weighted by atomic mass is 10.3. The normalized spacial score (nSPS) is 11.3. The average molecular weight is 364 g/mol. The minimum atomic E-state index is -3.83. The van der Waals surface area contributed by atoms with Crippen molar-refractivity contribution in [2.24, 2.45) is 0 Å². The summed E-state index contributed by atoms with van der Waals surface area (Å²) in [4.78, 5) is 7.38. The van der Waals surface area contributed by atoms with E-state index in [2.05, 4.69) is 30.6 Å². The molecule has 0 unspecified atom stereocenters. The monoisotopic (exact) mass is 362 g/mol. The highest BCUT2D eigenvalue weighted by molar-refractivity contribution is 9.10. The Labute approximate surface area is 123 Å². The van der Waals surface area contributed by atoms with Gasteiger partial charge in [-0.3, -0.25) is 4.72 Å². The predicted molar refractivity (Wildman–Crippen MR) is 76.4 cm³/mol. The molecule has 1 aromatic carbocycles. The van der Waals surface area contributed by atoms with Crippen LogP contribution in [-0.2, 0) is 10.0 Å². The van der Waals surface area contributed by atoms with E-state index in [0.29, 0.717) is 0 Å². The van der Waals surface area contributed by atoms with Gasteiger partial charge >= 0.3 is 0 Å². The molecule has 2 rings (SSSR count). The van der Waals surface area contributed by atoms with E-state index in [1.165, 1.54) is 30.9 Å². The number of nitrogens with one attached hydrogen (secondary N) is 1. The van der Waals surface area contributed by atoms with Crippen LogP contribution in [-0.4, -0.2) is 18.4 Å². The molecule has 1 heterocycles. The number of anilines is 2. The van der Waals surface area contributed by atoms with Gasteiger partial charge in [-0.05, 0) is 28.1 Å². The molecule has 0 fully saturated rings. The largest absolute Gasteiger partial charge is 0.398 e. The van der Waals surface area contributed by atoms with Gasteiger partial charge in [0.1, 0.15) is 11.2 Å². The van der Waals surface area contributed by atoms with Crippen LogP contribution < -0.4 is 10.5 Å². The molecular weight excluding hydrogens is 356 g/mol. The summed E-state index contributed by atoms with van der Waals surface area (Å²) in [6.45, 7) is 0. The van der Waals surface area contributed by atoms with Crippen molar-refractivity contribution < 1.29 is 8.42 Å². The number of hydrogen-bond donors (Lipinski definition) is 2. The van der Waals surface area contributed by atoms with E-state index in [4.69, 9.17) is 17.3 Å². The van der Waals surface area contributed by atoms with E-state index in [1.807, 2.05) is 0 Å². The molecule has 0 radical (unpaired) electrons. The number of hydrogen-bond acceptors (Lipinski definition) is 5. The Morgan fingerprint density at radius 1 is 1.26 bits per heavy atom. The lowest BCUT2D eigenvalue weighted by Gasteiger charge is -2.10. The SMILES string of the molecule is Nc1cc(Cl)cc(S(=O)(=O)Nc2cncnc2)c1Br. The van der Waals surface area contributed by atoms with E-state index in [-0.39, 0.29) is 25.8 Å². The molecule has 0 bridgehead atoms. The second kappa shape index (κ2) is 5.32. The van der Waals surface area contributed by atoms with E-state index in [1.54, 1.807) is 0 Å². The molecule has 0 spiro atoms. The highest BCUT2D eigenvalue weighted by atomic mass is 79.9. The van der Waals surface area contributed by atoms with Crippen LogP contribution in [0.25, 0.3) is 0 Å². The molecule has 100 valence electrons. The molecule has 0 atom stereocenters. The number of benzene rings is 1. The smallest absolute Gasteiger partial charge is 0.263 e. The molecule has 0 aliphatic carbocycles. The summed E-state index contributed by atoms with van der Waals surface area (Å²) in [5.41, 5.74) is 6.14. The lowest BCUT2D eigenvalue weighted by Crippen LogP contribution is -2.14. The van der Waals surface area contributed by atoms with Crippen molar-refractivity contribution in [3.63, 3.8) is 0 Å². The Kier molecular flexibility index (Phi) is 3.93. The quantitative estimate of drug-likeness (QED) is 0.815. The Balaban J connectivity index is 2.46. The summed E-state index contributed by atoms with van der Waals surface area (Å²) in [5, 5.41) is 0.227. The number of nitrogen functional groups attached to an aromatic ring is 1. The zero-order valence-corrected chi connectivity index (χ0v) is 12.5. The van der Waals surface area contributed by atoms with Crippen molar-refractivity contribution >= 4 is 48.9 Å². The minimum Gasteiger partial charge on any atom is -0.398 e. The van der Waals surface area contributed by atoms with Crippen molar-refractivity contribution in [2.75, 3.05) is 10.5 Å². The maximum absolute atomic E-state index is 12.2. The summed E-state index contributed by atoms with van der Waals surface area (Å²) in [6.07, 6.45) is 3.98. The van der Waals surface area contributed by atoms with Gasteiger partial charge in [0.15, 0.2) is 0 Å². The predicted octanol–water partition coefficient (Wildman–Crippen LogP) is 2.28. The van der Waals surface area contributed by atoms with E-state index in [0.717, 1.165) is 0 Å². The van der Waals surface area contributed by atoms with Crippen molar-refractivity contribution in [2.45, 2.75) is 4.90 Å². The molecule has 0 aliphatic heterocycles. The number of nitrogens with zero attached hydrogens (tertiary/aromatic N) is 2. The van der Waals surface area contributed by atoms with Crippen LogP contribution in [0.15, 0.2) is 40.2 Å². The number of aromatic nitrogens is 2. The maximum atomic E-state index is 12.2. The highest BCUT2D eigenvalue weighted by Crippen LogP contribution is 2.32. The van der Waals surface area contributed by atoms with Crippen LogP contribution in [0, 0.1) is 0 Å². The standard InChI is InChI=1S/C10H8BrClN4O2S/c11-10-8(13)1-6(12)2-9(10)19(17,18)16-7-3-14-5-15-4-7/h1-5,16H,13H2. The summed E-state index contributed by atoms with van der Waals surface area (Å²) in [5.74, 6) is 0. The molecule has 2 aromatic rings. The van der Waals surface area contributed by atoms with Gasteiger partial charge < -0.3 is 5.73 Å². The van der Waals surface area contributed by atoms with Gasteiger partial charge in [-0.25, -0.2) is 18.4 Å². The molecule has 6 nitrogen and oxygen atoms in total. The third-order valence-corrected chi connectivity index (χ3v) is 4.91. The Bertz CT molecular complexity index is 709. The van der Waals surface area contributed by atoms with Gasteiger partial charge in [0.05, 0.1) is 22.6 Å². The van der Waals surface area contributed by atoms with Crippen LogP contribution in [0.5, 0.6) is 0 Å². The first-order chi connectivity index (χ1) is 8.90. The zero-order chi connectivity index (χ0) is 14.0. The fourth-order valence-corrected chi connectivity index (χ4v) is 3.66. The summed E-state index contributed by atoms with van der Waals surface area (Å²) < 4.78 is 27.0. The first kappa shape index (κ1) is 14.0. The molecule has 19 heavy (non-hydrogen) atoms. The molecular formula is C10H8BrClN4O2S. The maximum Gasteiger partial charge on any atom is 0.263 e. The molecule has 3 N–H and O–H groups in total. The lowest BCUT2D eigenvalue weighted by molar-refractivity contribution is 0.600.